The molecule has 0 radical (unpaired) electrons. The number of rotatable bonds is 4. The lowest BCUT2D eigenvalue weighted by Crippen LogP contribution is -1.92. The van der Waals surface area contributed by atoms with Crippen molar-refractivity contribution in [3.05, 3.63) is 59.6 Å². The Balaban J connectivity index is 2.26. The van der Waals surface area contributed by atoms with Crippen LogP contribution in [0.25, 0.3) is 16.1 Å². The smallest absolute Gasteiger partial charge is 0.187 e. The molecule has 0 atom stereocenters. The van der Waals surface area contributed by atoms with E-state index >= 15 is 0 Å². The van der Waals surface area contributed by atoms with Crippen LogP contribution in [-0.4, -0.2) is 11.3 Å². The molecule has 88 valence electrons. The zero-order chi connectivity index (χ0) is 12.8. The third kappa shape index (κ3) is 2.80. The van der Waals surface area contributed by atoms with Crippen LogP contribution in [0.1, 0.15) is 12.1 Å². The fourth-order valence-corrected chi connectivity index (χ4v) is 1.69. The number of hydrogen-bond acceptors (Lipinski definition) is 2. The second-order valence-electron chi connectivity index (χ2n) is 3.88. The molecule has 1 heterocycles. The van der Waals surface area contributed by atoms with E-state index in [1.165, 1.54) is 0 Å². The minimum Gasteiger partial charge on any atom is -0.303 e. The van der Waals surface area contributed by atoms with Gasteiger partial charge in [-0.1, -0.05) is 30.3 Å². The minimum atomic E-state index is 0.493. The van der Waals surface area contributed by atoms with Gasteiger partial charge in [0.15, 0.2) is 5.69 Å². The van der Waals surface area contributed by atoms with Gasteiger partial charge in [0.1, 0.15) is 6.29 Å². The Hall–Kier alpha value is -2.47. The Morgan fingerprint density at radius 3 is 2.61 bits per heavy atom. The van der Waals surface area contributed by atoms with Crippen LogP contribution in [0.5, 0.6) is 0 Å². The first-order valence-electron chi connectivity index (χ1n) is 5.71. The molecule has 0 aliphatic rings. The van der Waals surface area contributed by atoms with Gasteiger partial charge in [0, 0.05) is 12.1 Å². The summed E-state index contributed by atoms with van der Waals surface area (Å²) in [5.41, 5.74) is 3.38. The Morgan fingerprint density at radius 1 is 1.17 bits per heavy atom. The minimum absolute atomic E-state index is 0.493. The Kier molecular flexibility index (Phi) is 3.83. The molecule has 0 aliphatic carbocycles. The fraction of sp³-hybridized carbons (Fsp3) is 0.133. The predicted molar refractivity (Wildman–Crippen MR) is 70.3 cm³/mol. The average Bonchev–Trinajstić information content (AvgIpc) is 2.45. The van der Waals surface area contributed by atoms with Gasteiger partial charge in [0.2, 0.25) is 0 Å². The number of aryl methyl sites for hydroxylation is 1. The number of carbonyl (C=O) groups excluding carboxylic acids is 1. The maximum atomic E-state index is 10.3. The van der Waals surface area contributed by atoms with E-state index in [-0.39, 0.29) is 0 Å². The molecule has 0 aliphatic heterocycles. The van der Waals surface area contributed by atoms with Gasteiger partial charge in [-0.2, -0.15) is 0 Å². The first kappa shape index (κ1) is 12.0. The van der Waals surface area contributed by atoms with Gasteiger partial charge in [-0.25, -0.2) is 4.85 Å². The van der Waals surface area contributed by atoms with Crippen LogP contribution in [-0.2, 0) is 11.2 Å². The first-order valence-corrected chi connectivity index (χ1v) is 5.71. The average molecular weight is 236 g/mol. The highest BCUT2D eigenvalue weighted by Gasteiger charge is 2.01. The number of carbonyl (C=O) groups is 1. The van der Waals surface area contributed by atoms with Gasteiger partial charge >= 0.3 is 0 Å². The van der Waals surface area contributed by atoms with Crippen molar-refractivity contribution in [2.75, 3.05) is 0 Å². The molecule has 0 bridgehead atoms. The van der Waals surface area contributed by atoms with Crippen LogP contribution in [0.15, 0.2) is 42.5 Å². The van der Waals surface area contributed by atoms with Gasteiger partial charge in [0.05, 0.1) is 12.3 Å². The van der Waals surface area contributed by atoms with E-state index in [0.29, 0.717) is 18.5 Å². The fourth-order valence-electron chi connectivity index (χ4n) is 1.69. The highest BCUT2D eigenvalue weighted by molar-refractivity contribution is 5.63. The topological polar surface area (TPSA) is 34.3 Å². The zero-order valence-corrected chi connectivity index (χ0v) is 9.84. The highest BCUT2D eigenvalue weighted by Crippen LogP contribution is 2.21. The van der Waals surface area contributed by atoms with Crippen molar-refractivity contribution in [1.29, 1.82) is 0 Å². The number of benzene rings is 1. The summed E-state index contributed by atoms with van der Waals surface area (Å²) in [5.74, 6) is 0. The van der Waals surface area contributed by atoms with Crippen LogP contribution < -0.4 is 0 Å². The summed E-state index contributed by atoms with van der Waals surface area (Å²) >= 11 is 0. The molecule has 2 aromatic rings. The van der Waals surface area contributed by atoms with Gasteiger partial charge in [-0.05, 0) is 24.1 Å². The van der Waals surface area contributed by atoms with Gasteiger partial charge < -0.3 is 4.79 Å². The summed E-state index contributed by atoms with van der Waals surface area (Å²) in [4.78, 5) is 18.2. The van der Waals surface area contributed by atoms with Crippen LogP contribution >= 0.6 is 0 Å². The molecule has 2 rings (SSSR count). The van der Waals surface area contributed by atoms with E-state index in [4.69, 9.17) is 6.57 Å². The monoisotopic (exact) mass is 236 g/mol. The molecule has 0 fully saturated rings. The van der Waals surface area contributed by atoms with E-state index in [2.05, 4.69) is 9.83 Å². The molecule has 0 saturated heterocycles. The molecule has 0 N–H and O–H groups in total. The van der Waals surface area contributed by atoms with Crippen LogP contribution in [0.4, 0.5) is 5.69 Å². The van der Waals surface area contributed by atoms with Crippen molar-refractivity contribution in [2.45, 2.75) is 12.8 Å². The molecule has 0 spiro atoms. The van der Waals surface area contributed by atoms with Gasteiger partial charge in [0.25, 0.3) is 0 Å². The Bertz CT molecular complexity index is 582. The number of pyridine rings is 1. The van der Waals surface area contributed by atoms with E-state index in [1.54, 1.807) is 12.1 Å². The van der Waals surface area contributed by atoms with Crippen molar-refractivity contribution in [1.82, 2.24) is 4.98 Å². The highest BCUT2D eigenvalue weighted by atomic mass is 16.1. The quantitative estimate of drug-likeness (QED) is 0.602. The van der Waals surface area contributed by atoms with Crippen molar-refractivity contribution in [3.8, 4) is 11.3 Å². The summed E-state index contributed by atoms with van der Waals surface area (Å²) in [5, 5.41) is 0. The summed E-state index contributed by atoms with van der Waals surface area (Å²) in [6.45, 7) is 6.91. The van der Waals surface area contributed by atoms with Crippen molar-refractivity contribution >= 4 is 12.0 Å². The summed E-state index contributed by atoms with van der Waals surface area (Å²) in [6, 6.07) is 13.1. The lowest BCUT2D eigenvalue weighted by atomic mass is 10.1. The lowest BCUT2D eigenvalue weighted by molar-refractivity contribution is -0.107. The second kappa shape index (κ2) is 5.74. The SMILES string of the molecule is [C-]#[N+]c1ccc(-c2cccc(CCC=O)n2)cc1. The Labute approximate surface area is 106 Å². The normalized spacial score (nSPS) is 9.72. The first-order chi connectivity index (χ1) is 8.83. The molecular formula is C15H12N2O. The third-order valence-electron chi connectivity index (χ3n) is 2.62. The molecular weight excluding hydrogens is 224 g/mol. The van der Waals surface area contributed by atoms with Gasteiger partial charge in [-0.15, -0.1) is 0 Å². The molecule has 0 amide bonds. The largest absolute Gasteiger partial charge is 0.303 e. The van der Waals surface area contributed by atoms with Crippen LogP contribution in [0.3, 0.4) is 0 Å². The molecule has 3 heteroatoms. The second-order valence-corrected chi connectivity index (χ2v) is 3.88. The molecule has 3 nitrogen and oxygen atoms in total. The molecule has 1 aromatic heterocycles. The molecule has 1 aromatic carbocycles. The van der Waals surface area contributed by atoms with Gasteiger partial charge in [-0.3, -0.25) is 4.98 Å². The molecule has 0 saturated carbocycles. The van der Waals surface area contributed by atoms with Crippen LogP contribution in [0.2, 0.25) is 0 Å². The van der Waals surface area contributed by atoms with Crippen molar-refractivity contribution in [3.63, 3.8) is 0 Å². The molecule has 18 heavy (non-hydrogen) atoms. The van der Waals surface area contributed by atoms with Crippen LogP contribution in [0, 0.1) is 6.57 Å². The zero-order valence-electron chi connectivity index (χ0n) is 9.84. The van der Waals surface area contributed by atoms with Crippen molar-refractivity contribution < 1.29 is 4.79 Å². The standard InChI is InChI=1S/C15H12N2O/c1-16-13-9-7-12(8-10-13)15-6-2-4-14(17-15)5-3-11-18/h2,4,6-11H,3,5H2. The maximum Gasteiger partial charge on any atom is 0.187 e. The predicted octanol–water partition coefficient (Wildman–Crippen LogP) is 3.43. The number of aromatic nitrogens is 1. The number of hydrogen-bond donors (Lipinski definition) is 0. The van der Waals surface area contributed by atoms with E-state index in [0.717, 1.165) is 23.2 Å². The summed E-state index contributed by atoms with van der Waals surface area (Å²) < 4.78 is 0. The summed E-state index contributed by atoms with van der Waals surface area (Å²) in [6.07, 6.45) is 2.06. The van der Waals surface area contributed by atoms with E-state index in [1.807, 2.05) is 30.3 Å². The molecule has 0 unspecified atom stereocenters. The van der Waals surface area contributed by atoms with Crippen molar-refractivity contribution in [2.24, 2.45) is 0 Å². The van der Waals surface area contributed by atoms with E-state index < -0.39 is 0 Å². The number of aldehydes is 1. The van der Waals surface area contributed by atoms with E-state index in [9.17, 15) is 4.79 Å². The Morgan fingerprint density at radius 2 is 1.94 bits per heavy atom. The number of nitrogens with zero attached hydrogens (tertiary/aromatic N) is 2. The third-order valence-corrected chi connectivity index (χ3v) is 2.62. The lowest BCUT2D eigenvalue weighted by Gasteiger charge is -2.03. The maximum absolute atomic E-state index is 10.3. The summed E-state index contributed by atoms with van der Waals surface area (Å²) in [7, 11) is 0.